The zero-order valence-electron chi connectivity index (χ0n) is 24.8. The molecule has 0 aromatic heterocycles. The molecule has 42 heavy (non-hydrogen) atoms. The maximum Gasteiger partial charge on any atom is 0.416 e. The standard InChI is InChI=1S/C35H41NO6/c1-35(2,3)42-32(37)23-29(33(38)36-30(25-41-34(36)39)22-27-13-6-4-7-14-27)17-11-10-12-26-18-20-31(21-19-26)40-24-28-15-8-5-9-16-28/h4-9,13-16,18-21,29-30H,10-12,17,22-25H2,1-3H3/t29-,30+/m1/s1. The Bertz CT molecular complexity index is 1300. The van der Waals surface area contributed by atoms with Gasteiger partial charge in [0, 0.05) is 5.92 Å². The molecular weight excluding hydrogens is 530 g/mol. The number of cyclic esters (lactones) is 1. The second kappa shape index (κ2) is 14.7. The number of amides is 2. The quantitative estimate of drug-likeness (QED) is 0.164. The summed E-state index contributed by atoms with van der Waals surface area (Å²) < 4.78 is 16.7. The van der Waals surface area contributed by atoms with Gasteiger partial charge in [0.25, 0.3) is 0 Å². The predicted molar refractivity (Wildman–Crippen MR) is 161 cm³/mol. The van der Waals surface area contributed by atoms with Gasteiger partial charge in [0.15, 0.2) is 0 Å². The van der Waals surface area contributed by atoms with Gasteiger partial charge < -0.3 is 14.2 Å². The Hall–Kier alpha value is -4.13. The Morgan fingerprint density at radius 3 is 2.17 bits per heavy atom. The van der Waals surface area contributed by atoms with Crippen LogP contribution in [-0.4, -0.2) is 41.1 Å². The number of carbonyl (C=O) groups is 3. The van der Waals surface area contributed by atoms with Gasteiger partial charge in [-0.2, -0.15) is 0 Å². The number of unbranched alkanes of at least 4 members (excludes halogenated alkanes) is 1. The van der Waals surface area contributed by atoms with Crippen molar-refractivity contribution >= 4 is 18.0 Å². The highest BCUT2D eigenvalue weighted by Crippen LogP contribution is 2.26. The Labute approximate surface area is 248 Å². The normalized spacial score (nSPS) is 15.6. The van der Waals surface area contributed by atoms with Gasteiger partial charge in [-0.3, -0.25) is 9.59 Å². The van der Waals surface area contributed by atoms with Crippen LogP contribution in [0, 0.1) is 5.92 Å². The second-order valence-electron chi connectivity index (χ2n) is 11.8. The van der Waals surface area contributed by atoms with Crippen LogP contribution in [0.3, 0.4) is 0 Å². The van der Waals surface area contributed by atoms with E-state index >= 15 is 0 Å². The van der Waals surface area contributed by atoms with E-state index in [0.29, 0.717) is 19.4 Å². The third-order valence-electron chi connectivity index (χ3n) is 7.13. The van der Waals surface area contributed by atoms with E-state index in [9.17, 15) is 14.4 Å². The fraction of sp³-hybridized carbons (Fsp3) is 0.400. The van der Waals surface area contributed by atoms with Crippen LogP contribution >= 0.6 is 0 Å². The van der Waals surface area contributed by atoms with Crippen molar-refractivity contribution in [1.82, 2.24) is 4.90 Å². The van der Waals surface area contributed by atoms with Crippen molar-refractivity contribution in [3.05, 3.63) is 102 Å². The predicted octanol–water partition coefficient (Wildman–Crippen LogP) is 6.92. The van der Waals surface area contributed by atoms with E-state index in [1.807, 2.05) is 72.8 Å². The van der Waals surface area contributed by atoms with E-state index in [-0.39, 0.29) is 18.9 Å². The molecule has 2 amide bonds. The zero-order chi connectivity index (χ0) is 30.0. The molecular formula is C35H41NO6. The average Bonchev–Trinajstić information content (AvgIpc) is 3.33. The second-order valence-corrected chi connectivity index (χ2v) is 11.8. The molecule has 0 bridgehead atoms. The molecule has 1 aliphatic rings. The minimum absolute atomic E-state index is 0.0780. The largest absolute Gasteiger partial charge is 0.489 e. The number of rotatable bonds is 13. The highest BCUT2D eigenvalue weighted by atomic mass is 16.6. The molecule has 222 valence electrons. The molecule has 4 rings (SSSR count). The lowest BCUT2D eigenvalue weighted by Gasteiger charge is -2.26. The number of hydrogen-bond donors (Lipinski definition) is 0. The number of ether oxygens (including phenoxy) is 3. The van der Waals surface area contributed by atoms with Crippen LogP contribution in [-0.2, 0) is 38.5 Å². The molecule has 1 heterocycles. The van der Waals surface area contributed by atoms with E-state index in [4.69, 9.17) is 14.2 Å². The molecule has 7 heteroatoms. The summed E-state index contributed by atoms with van der Waals surface area (Å²) in [6.07, 6.45) is 2.63. The third kappa shape index (κ3) is 9.47. The van der Waals surface area contributed by atoms with Crippen molar-refractivity contribution in [2.24, 2.45) is 5.92 Å². The number of nitrogens with zero attached hydrogens (tertiary/aromatic N) is 1. The Morgan fingerprint density at radius 2 is 1.52 bits per heavy atom. The van der Waals surface area contributed by atoms with Crippen molar-refractivity contribution in [3.8, 4) is 5.75 Å². The van der Waals surface area contributed by atoms with Gasteiger partial charge >= 0.3 is 12.1 Å². The van der Waals surface area contributed by atoms with Gasteiger partial charge in [-0.25, -0.2) is 9.69 Å². The maximum absolute atomic E-state index is 13.7. The Balaban J connectivity index is 1.34. The lowest BCUT2D eigenvalue weighted by Crippen LogP contribution is -2.44. The molecule has 2 atom stereocenters. The molecule has 0 unspecified atom stereocenters. The van der Waals surface area contributed by atoms with Crippen molar-refractivity contribution < 1.29 is 28.6 Å². The van der Waals surface area contributed by atoms with Crippen LogP contribution in [0.4, 0.5) is 4.79 Å². The molecule has 1 fully saturated rings. The third-order valence-corrected chi connectivity index (χ3v) is 7.13. The van der Waals surface area contributed by atoms with Crippen LogP contribution in [0.1, 0.15) is 63.1 Å². The topological polar surface area (TPSA) is 82.1 Å². The highest BCUT2D eigenvalue weighted by molar-refractivity contribution is 5.96. The highest BCUT2D eigenvalue weighted by Gasteiger charge is 2.41. The van der Waals surface area contributed by atoms with Crippen LogP contribution in [0.25, 0.3) is 0 Å². The van der Waals surface area contributed by atoms with E-state index in [1.54, 1.807) is 20.8 Å². The monoisotopic (exact) mass is 571 g/mol. The fourth-order valence-corrected chi connectivity index (χ4v) is 5.07. The number of hydrogen-bond acceptors (Lipinski definition) is 6. The molecule has 0 N–H and O–H groups in total. The molecule has 1 saturated heterocycles. The maximum atomic E-state index is 13.7. The summed E-state index contributed by atoms with van der Waals surface area (Å²) in [5, 5.41) is 0. The number of imide groups is 1. The minimum Gasteiger partial charge on any atom is -0.489 e. The molecule has 0 saturated carbocycles. The van der Waals surface area contributed by atoms with Crippen molar-refractivity contribution in [2.75, 3.05) is 6.61 Å². The summed E-state index contributed by atoms with van der Waals surface area (Å²) in [5.41, 5.74) is 2.64. The molecule has 7 nitrogen and oxygen atoms in total. The first-order valence-corrected chi connectivity index (χ1v) is 14.7. The van der Waals surface area contributed by atoms with Crippen molar-refractivity contribution in [1.29, 1.82) is 0 Å². The molecule has 3 aromatic carbocycles. The fourth-order valence-electron chi connectivity index (χ4n) is 5.07. The summed E-state index contributed by atoms with van der Waals surface area (Å²) in [4.78, 5) is 40.4. The van der Waals surface area contributed by atoms with E-state index in [2.05, 4.69) is 12.1 Å². The van der Waals surface area contributed by atoms with E-state index < -0.39 is 29.6 Å². The van der Waals surface area contributed by atoms with Crippen LogP contribution < -0.4 is 4.74 Å². The van der Waals surface area contributed by atoms with Crippen LogP contribution in [0.2, 0.25) is 0 Å². The van der Waals surface area contributed by atoms with Gasteiger partial charge in [0.2, 0.25) is 5.91 Å². The summed E-state index contributed by atoms with van der Waals surface area (Å²) in [7, 11) is 0. The van der Waals surface area contributed by atoms with Gasteiger partial charge in [-0.15, -0.1) is 0 Å². The molecule has 1 aliphatic heterocycles. The summed E-state index contributed by atoms with van der Waals surface area (Å²) in [6.45, 7) is 6.06. The number of esters is 1. The van der Waals surface area contributed by atoms with Crippen LogP contribution in [0.5, 0.6) is 5.75 Å². The lowest BCUT2D eigenvalue weighted by molar-refractivity contribution is -0.158. The first kappa shape index (κ1) is 30.8. The van der Waals surface area contributed by atoms with Crippen molar-refractivity contribution in [2.45, 2.75) is 77.5 Å². The smallest absolute Gasteiger partial charge is 0.416 e. The summed E-state index contributed by atoms with van der Waals surface area (Å²) in [6, 6.07) is 27.4. The Kier molecular flexibility index (Phi) is 10.8. The van der Waals surface area contributed by atoms with Crippen LogP contribution in [0.15, 0.2) is 84.9 Å². The first-order chi connectivity index (χ1) is 20.2. The lowest BCUT2D eigenvalue weighted by atomic mass is 9.94. The van der Waals surface area contributed by atoms with E-state index in [0.717, 1.165) is 36.1 Å². The first-order valence-electron chi connectivity index (χ1n) is 14.7. The van der Waals surface area contributed by atoms with Gasteiger partial charge in [-0.05, 0) is 75.3 Å². The average molecular weight is 572 g/mol. The molecule has 3 aromatic rings. The van der Waals surface area contributed by atoms with Gasteiger partial charge in [-0.1, -0.05) is 79.2 Å². The van der Waals surface area contributed by atoms with Crippen molar-refractivity contribution in [3.63, 3.8) is 0 Å². The molecule has 0 spiro atoms. The van der Waals surface area contributed by atoms with Gasteiger partial charge in [0.05, 0.1) is 12.5 Å². The van der Waals surface area contributed by atoms with E-state index in [1.165, 1.54) is 10.5 Å². The number of carbonyl (C=O) groups excluding carboxylic acids is 3. The SMILES string of the molecule is CC(C)(C)OC(=O)C[C@@H](CCCCc1ccc(OCc2ccccc2)cc1)C(=O)N1C(=O)OC[C@@H]1Cc1ccccc1. The minimum atomic E-state index is -0.669. The van der Waals surface area contributed by atoms with Gasteiger partial charge in [0.1, 0.15) is 24.6 Å². The number of aryl methyl sites for hydroxylation is 1. The molecule has 0 radical (unpaired) electrons. The summed E-state index contributed by atoms with van der Waals surface area (Å²) >= 11 is 0. The number of benzene rings is 3. The Morgan fingerprint density at radius 1 is 0.881 bits per heavy atom. The zero-order valence-corrected chi connectivity index (χ0v) is 24.8. The molecule has 0 aliphatic carbocycles. The summed E-state index contributed by atoms with van der Waals surface area (Å²) in [5.74, 6) is -0.672.